The Labute approximate surface area is 219 Å². The van der Waals surface area contributed by atoms with Gasteiger partial charge in [-0.1, -0.05) is 56.3 Å². The lowest BCUT2D eigenvalue weighted by atomic mass is 9.93. The number of ether oxygens (including phenoxy) is 2. The number of anilines is 1. The van der Waals surface area contributed by atoms with Crippen molar-refractivity contribution in [3.63, 3.8) is 0 Å². The van der Waals surface area contributed by atoms with Gasteiger partial charge in [0.25, 0.3) is 5.91 Å². The van der Waals surface area contributed by atoms with E-state index in [0.717, 1.165) is 22.4 Å². The fourth-order valence-corrected chi connectivity index (χ4v) is 6.24. The lowest BCUT2D eigenvalue weighted by molar-refractivity contribution is -0.128. The van der Waals surface area contributed by atoms with Crippen LogP contribution in [0.2, 0.25) is 0 Å². The van der Waals surface area contributed by atoms with Gasteiger partial charge >= 0.3 is 0 Å². The van der Waals surface area contributed by atoms with E-state index in [9.17, 15) is 13.2 Å². The first kappa shape index (κ1) is 26.5. The van der Waals surface area contributed by atoms with Crippen molar-refractivity contribution in [1.29, 1.82) is 0 Å². The number of hydrogen-bond acceptors (Lipinski definition) is 5. The lowest BCUT2D eigenvalue weighted by Crippen LogP contribution is -2.51. The zero-order valence-corrected chi connectivity index (χ0v) is 22.7. The number of carbonyl (C=O) groups is 1. The van der Waals surface area contributed by atoms with Crippen LogP contribution >= 0.6 is 0 Å². The molecule has 37 heavy (non-hydrogen) atoms. The van der Waals surface area contributed by atoms with Crippen LogP contribution in [0.25, 0.3) is 0 Å². The number of benzene rings is 3. The minimum absolute atomic E-state index is 0.108. The normalized spacial score (nSPS) is 16.1. The number of nitrogens with one attached hydrogen (secondary N) is 1. The van der Waals surface area contributed by atoms with Gasteiger partial charge in [-0.25, -0.2) is 8.42 Å². The molecule has 4 rings (SSSR count). The number of amides is 1. The van der Waals surface area contributed by atoms with Crippen LogP contribution in [-0.2, 0) is 20.6 Å². The summed E-state index contributed by atoms with van der Waals surface area (Å²) in [4.78, 5) is 13.4. The number of fused-ring (bicyclic) bond motifs is 1. The Kier molecular flexibility index (Phi) is 7.78. The second-order valence-electron chi connectivity index (χ2n) is 9.68. The number of aryl methyl sites for hydroxylation is 1. The largest absolute Gasteiger partial charge is 0.496 e. The van der Waals surface area contributed by atoms with Crippen LogP contribution in [0.15, 0.2) is 66.7 Å². The van der Waals surface area contributed by atoms with Crippen LogP contribution in [0.1, 0.15) is 55.0 Å². The number of methoxy groups -OCH3 is 1. The maximum atomic E-state index is 13.5. The van der Waals surface area contributed by atoms with Crippen molar-refractivity contribution in [3.8, 4) is 11.5 Å². The predicted molar refractivity (Wildman–Crippen MR) is 146 cm³/mol. The first-order chi connectivity index (χ1) is 17.6. The van der Waals surface area contributed by atoms with E-state index in [4.69, 9.17) is 9.47 Å². The molecule has 196 valence electrons. The Balaban J connectivity index is 1.58. The number of carbonyl (C=O) groups excluding carboxylic acids is 1. The molecule has 0 aromatic heterocycles. The lowest BCUT2D eigenvalue weighted by Gasteiger charge is -2.35. The summed E-state index contributed by atoms with van der Waals surface area (Å²) in [5.74, 6) is 0.889. The smallest absolute Gasteiger partial charge is 0.263 e. The van der Waals surface area contributed by atoms with Crippen LogP contribution in [0, 0.1) is 6.92 Å². The summed E-state index contributed by atoms with van der Waals surface area (Å²) in [6.45, 7) is 7.98. The molecule has 0 spiro atoms. The third-order valence-electron chi connectivity index (χ3n) is 6.62. The topological polar surface area (TPSA) is 84.9 Å². The zero-order valence-electron chi connectivity index (χ0n) is 21.9. The monoisotopic (exact) mass is 522 g/mol. The molecule has 1 aliphatic rings. The molecule has 0 aliphatic carbocycles. The summed E-state index contributed by atoms with van der Waals surface area (Å²) >= 11 is 0. The summed E-state index contributed by atoms with van der Waals surface area (Å²) in [5, 5.41) is 3.04. The van der Waals surface area contributed by atoms with Gasteiger partial charge in [0.1, 0.15) is 11.5 Å². The highest BCUT2D eigenvalue weighted by Crippen LogP contribution is 2.36. The maximum absolute atomic E-state index is 13.5. The van der Waals surface area contributed by atoms with E-state index in [1.165, 1.54) is 4.31 Å². The maximum Gasteiger partial charge on any atom is 0.263 e. The average molecular weight is 523 g/mol. The Bertz CT molecular complexity index is 1370. The Morgan fingerprint density at radius 2 is 1.73 bits per heavy atom. The molecule has 3 aromatic rings. The highest BCUT2D eigenvalue weighted by molar-refractivity contribution is 7.92. The van der Waals surface area contributed by atoms with Crippen molar-refractivity contribution in [2.75, 3.05) is 18.0 Å². The van der Waals surface area contributed by atoms with Crippen molar-refractivity contribution in [2.24, 2.45) is 0 Å². The summed E-state index contributed by atoms with van der Waals surface area (Å²) in [5.41, 5.74) is 4.14. The standard InChI is InChI=1S/C29H34N2O5S/c1-19(2)23-16-24(20(3)15-27(23)35-5)21(4)30-29(32)28-17-31(25-13-9-10-14-26(25)36-28)37(33,34)18-22-11-7-6-8-12-22/h6-16,19,21,28H,17-18H2,1-5H3,(H,30,32)/t21-,28+/m1/s1. The third-order valence-corrected chi connectivity index (χ3v) is 8.34. The number of nitrogens with zero attached hydrogens (tertiary/aromatic N) is 1. The molecule has 8 heteroatoms. The molecule has 2 atom stereocenters. The number of sulfonamides is 1. The van der Waals surface area contributed by atoms with Gasteiger partial charge < -0.3 is 14.8 Å². The highest BCUT2D eigenvalue weighted by Gasteiger charge is 2.37. The number of para-hydroxylation sites is 2. The average Bonchev–Trinajstić information content (AvgIpc) is 2.87. The molecular formula is C29H34N2O5S. The van der Waals surface area contributed by atoms with E-state index in [0.29, 0.717) is 17.0 Å². The van der Waals surface area contributed by atoms with Crippen LogP contribution in [0.3, 0.4) is 0 Å². The molecule has 0 bridgehead atoms. The van der Waals surface area contributed by atoms with Crippen molar-refractivity contribution < 1.29 is 22.7 Å². The van der Waals surface area contributed by atoms with Crippen LogP contribution in [-0.4, -0.2) is 34.1 Å². The molecule has 1 heterocycles. The van der Waals surface area contributed by atoms with E-state index in [2.05, 4.69) is 25.2 Å². The van der Waals surface area contributed by atoms with Gasteiger partial charge in [0.15, 0.2) is 6.10 Å². The van der Waals surface area contributed by atoms with Crippen LogP contribution < -0.4 is 19.1 Å². The van der Waals surface area contributed by atoms with E-state index in [1.807, 2.05) is 38.1 Å². The first-order valence-corrected chi connectivity index (χ1v) is 14.0. The molecule has 0 unspecified atom stereocenters. The highest BCUT2D eigenvalue weighted by atomic mass is 32.2. The van der Waals surface area contributed by atoms with Crippen LogP contribution in [0.4, 0.5) is 5.69 Å². The van der Waals surface area contributed by atoms with Gasteiger partial charge in [-0.15, -0.1) is 0 Å². The summed E-state index contributed by atoms with van der Waals surface area (Å²) in [6.07, 6.45) is -0.994. The molecule has 3 aromatic carbocycles. The second kappa shape index (κ2) is 10.8. The van der Waals surface area contributed by atoms with E-state index in [1.54, 1.807) is 43.5 Å². The first-order valence-electron chi connectivity index (χ1n) is 12.4. The van der Waals surface area contributed by atoms with Gasteiger partial charge in [-0.2, -0.15) is 0 Å². The molecule has 0 saturated carbocycles. The molecule has 0 saturated heterocycles. The van der Waals surface area contributed by atoms with E-state index < -0.39 is 16.1 Å². The van der Waals surface area contributed by atoms with Gasteiger partial charge in [0, 0.05) is 0 Å². The minimum atomic E-state index is -3.77. The molecule has 1 amide bonds. The van der Waals surface area contributed by atoms with Crippen molar-refractivity contribution in [3.05, 3.63) is 89.0 Å². The fourth-order valence-electron chi connectivity index (χ4n) is 4.66. The third kappa shape index (κ3) is 5.74. The second-order valence-corrected chi connectivity index (χ2v) is 11.6. The van der Waals surface area contributed by atoms with Gasteiger partial charge in [-0.3, -0.25) is 9.10 Å². The molecule has 1 N–H and O–H groups in total. The number of rotatable bonds is 8. The minimum Gasteiger partial charge on any atom is -0.496 e. The van der Waals surface area contributed by atoms with Gasteiger partial charge in [-0.05, 0) is 66.3 Å². The Morgan fingerprint density at radius 1 is 1.05 bits per heavy atom. The van der Waals surface area contributed by atoms with E-state index >= 15 is 0 Å². The summed E-state index contributed by atoms with van der Waals surface area (Å²) in [6, 6.07) is 19.7. The molecular weight excluding hydrogens is 488 g/mol. The molecule has 7 nitrogen and oxygen atoms in total. The summed E-state index contributed by atoms with van der Waals surface area (Å²) in [7, 11) is -2.11. The van der Waals surface area contributed by atoms with E-state index in [-0.39, 0.29) is 30.2 Å². The van der Waals surface area contributed by atoms with Crippen molar-refractivity contribution >= 4 is 21.6 Å². The molecule has 1 aliphatic heterocycles. The quantitative estimate of drug-likeness (QED) is 0.445. The van der Waals surface area contributed by atoms with Gasteiger partial charge in [0.2, 0.25) is 10.0 Å². The zero-order chi connectivity index (χ0) is 26.7. The van der Waals surface area contributed by atoms with Crippen LogP contribution in [0.5, 0.6) is 11.5 Å². The molecule has 0 radical (unpaired) electrons. The van der Waals surface area contributed by atoms with Crippen molar-refractivity contribution in [2.45, 2.75) is 51.5 Å². The Morgan fingerprint density at radius 3 is 2.41 bits per heavy atom. The summed E-state index contributed by atoms with van der Waals surface area (Å²) < 4.78 is 39.8. The Hall–Kier alpha value is -3.52. The predicted octanol–water partition coefficient (Wildman–Crippen LogP) is 5.10. The van der Waals surface area contributed by atoms with Crippen molar-refractivity contribution in [1.82, 2.24) is 5.32 Å². The number of hydrogen-bond donors (Lipinski definition) is 1. The fraction of sp³-hybridized carbons (Fsp3) is 0.345. The SMILES string of the molecule is COc1cc(C)c([C@@H](C)NC(=O)[C@@H]2CN(S(=O)(=O)Cc3ccccc3)c3ccccc3O2)cc1C(C)C. The molecule has 0 fully saturated rings. The van der Waals surface area contributed by atoms with Gasteiger partial charge in [0.05, 0.1) is 31.1 Å².